The second-order valence-electron chi connectivity index (χ2n) is 3.64. The topological polar surface area (TPSA) is 77.2 Å². The van der Waals surface area contributed by atoms with Gasteiger partial charge in [0.25, 0.3) is 0 Å². The van der Waals surface area contributed by atoms with Crippen LogP contribution in [0.2, 0.25) is 0 Å². The second kappa shape index (κ2) is 6.07. The van der Waals surface area contributed by atoms with Crippen LogP contribution < -0.4 is 11.1 Å². The Hall–Kier alpha value is -1.62. The van der Waals surface area contributed by atoms with Crippen LogP contribution in [0.4, 0.5) is 5.82 Å². The molecular weight excluding hydrogens is 206 g/mol. The molecule has 5 heteroatoms. The molecule has 0 saturated carbocycles. The summed E-state index contributed by atoms with van der Waals surface area (Å²) < 4.78 is 5.36. The average Bonchev–Trinajstić information content (AvgIpc) is 2.25. The van der Waals surface area contributed by atoms with Gasteiger partial charge in [0.15, 0.2) is 0 Å². The van der Waals surface area contributed by atoms with Gasteiger partial charge in [-0.25, -0.2) is 4.98 Å². The maximum atomic E-state index is 10.8. The number of nitrogens with one attached hydrogen (secondary N) is 1. The number of nitrogens with zero attached hydrogens (tertiary/aromatic N) is 1. The maximum absolute atomic E-state index is 10.8. The van der Waals surface area contributed by atoms with Crippen LogP contribution in [0.25, 0.3) is 0 Å². The molecule has 1 aromatic heterocycles. The highest BCUT2D eigenvalue weighted by molar-refractivity contribution is 5.92. The van der Waals surface area contributed by atoms with Gasteiger partial charge < -0.3 is 15.8 Å². The SMILES string of the molecule is CC(C)OCCNc1ccc(C(N)=O)cn1. The van der Waals surface area contributed by atoms with Gasteiger partial charge in [-0.1, -0.05) is 0 Å². The summed E-state index contributed by atoms with van der Waals surface area (Å²) in [5, 5.41) is 3.08. The smallest absolute Gasteiger partial charge is 0.250 e. The lowest BCUT2D eigenvalue weighted by molar-refractivity contribution is 0.0870. The predicted molar refractivity (Wildman–Crippen MR) is 62.3 cm³/mol. The van der Waals surface area contributed by atoms with Crippen molar-refractivity contribution in [3.05, 3.63) is 23.9 Å². The first-order chi connectivity index (χ1) is 7.59. The molecule has 3 N–H and O–H groups in total. The molecule has 0 aromatic carbocycles. The third kappa shape index (κ3) is 4.27. The molecule has 0 spiro atoms. The molecule has 0 aliphatic rings. The summed E-state index contributed by atoms with van der Waals surface area (Å²) in [7, 11) is 0. The molecular formula is C11H17N3O2. The summed E-state index contributed by atoms with van der Waals surface area (Å²) in [5.41, 5.74) is 5.51. The molecule has 1 aromatic rings. The van der Waals surface area contributed by atoms with E-state index in [-0.39, 0.29) is 6.10 Å². The van der Waals surface area contributed by atoms with Crippen LogP contribution in [-0.2, 0) is 4.74 Å². The summed E-state index contributed by atoms with van der Waals surface area (Å²) in [4.78, 5) is 14.8. The lowest BCUT2D eigenvalue weighted by Gasteiger charge is -2.08. The normalized spacial score (nSPS) is 10.4. The average molecular weight is 223 g/mol. The number of amides is 1. The zero-order valence-corrected chi connectivity index (χ0v) is 9.56. The van der Waals surface area contributed by atoms with Crippen LogP contribution in [0.15, 0.2) is 18.3 Å². The van der Waals surface area contributed by atoms with Crippen LogP contribution >= 0.6 is 0 Å². The van der Waals surface area contributed by atoms with Gasteiger partial charge in [0.05, 0.1) is 18.3 Å². The van der Waals surface area contributed by atoms with E-state index >= 15 is 0 Å². The van der Waals surface area contributed by atoms with Gasteiger partial charge in [0.2, 0.25) is 5.91 Å². The number of ether oxygens (including phenoxy) is 1. The zero-order valence-electron chi connectivity index (χ0n) is 9.56. The molecule has 0 bridgehead atoms. The number of anilines is 1. The lowest BCUT2D eigenvalue weighted by Crippen LogP contribution is -2.14. The van der Waals surface area contributed by atoms with Crippen LogP contribution in [0, 0.1) is 0 Å². The van der Waals surface area contributed by atoms with Crippen molar-refractivity contribution >= 4 is 11.7 Å². The molecule has 0 atom stereocenters. The van der Waals surface area contributed by atoms with E-state index in [4.69, 9.17) is 10.5 Å². The fraction of sp³-hybridized carbons (Fsp3) is 0.455. The molecule has 0 aliphatic heterocycles. The Balaban J connectivity index is 2.35. The van der Waals surface area contributed by atoms with E-state index in [1.165, 1.54) is 6.20 Å². The summed E-state index contributed by atoms with van der Waals surface area (Å²) in [6.45, 7) is 5.28. The van der Waals surface area contributed by atoms with Gasteiger partial charge in [-0.2, -0.15) is 0 Å². The summed E-state index contributed by atoms with van der Waals surface area (Å²) in [6, 6.07) is 3.36. The highest BCUT2D eigenvalue weighted by atomic mass is 16.5. The van der Waals surface area contributed by atoms with E-state index in [1.54, 1.807) is 12.1 Å². The number of carbonyl (C=O) groups is 1. The summed E-state index contributed by atoms with van der Waals surface area (Å²) in [5.74, 6) is 0.236. The molecule has 1 rings (SSSR count). The van der Waals surface area contributed by atoms with Crippen molar-refractivity contribution in [2.75, 3.05) is 18.5 Å². The van der Waals surface area contributed by atoms with Gasteiger partial charge >= 0.3 is 0 Å². The van der Waals surface area contributed by atoms with Crippen LogP contribution in [0.3, 0.4) is 0 Å². The fourth-order valence-corrected chi connectivity index (χ4v) is 1.12. The maximum Gasteiger partial charge on any atom is 0.250 e. The van der Waals surface area contributed by atoms with E-state index in [0.29, 0.717) is 24.5 Å². The Morgan fingerprint density at radius 2 is 2.31 bits per heavy atom. The van der Waals surface area contributed by atoms with Crippen molar-refractivity contribution in [2.24, 2.45) is 5.73 Å². The fourth-order valence-electron chi connectivity index (χ4n) is 1.12. The summed E-state index contributed by atoms with van der Waals surface area (Å²) >= 11 is 0. The van der Waals surface area contributed by atoms with Gasteiger partial charge in [-0.05, 0) is 26.0 Å². The van der Waals surface area contributed by atoms with Crippen molar-refractivity contribution in [2.45, 2.75) is 20.0 Å². The molecule has 16 heavy (non-hydrogen) atoms. The van der Waals surface area contributed by atoms with E-state index in [1.807, 2.05) is 13.8 Å². The first-order valence-electron chi connectivity index (χ1n) is 5.21. The molecule has 0 unspecified atom stereocenters. The Labute approximate surface area is 95.0 Å². The van der Waals surface area contributed by atoms with E-state index in [2.05, 4.69) is 10.3 Å². The van der Waals surface area contributed by atoms with Gasteiger partial charge in [-0.3, -0.25) is 4.79 Å². The molecule has 0 saturated heterocycles. The molecule has 0 aliphatic carbocycles. The van der Waals surface area contributed by atoms with Crippen molar-refractivity contribution in [3.8, 4) is 0 Å². The van der Waals surface area contributed by atoms with Crippen molar-refractivity contribution in [3.63, 3.8) is 0 Å². The highest BCUT2D eigenvalue weighted by Gasteiger charge is 2.00. The van der Waals surface area contributed by atoms with Gasteiger partial charge in [-0.15, -0.1) is 0 Å². The third-order valence-corrected chi connectivity index (χ3v) is 1.91. The van der Waals surface area contributed by atoms with E-state index in [9.17, 15) is 4.79 Å². The highest BCUT2D eigenvalue weighted by Crippen LogP contribution is 2.03. The van der Waals surface area contributed by atoms with E-state index in [0.717, 1.165) is 0 Å². The molecule has 1 amide bonds. The minimum Gasteiger partial charge on any atom is -0.377 e. The zero-order chi connectivity index (χ0) is 12.0. The number of aromatic nitrogens is 1. The van der Waals surface area contributed by atoms with Crippen LogP contribution in [-0.4, -0.2) is 30.1 Å². The number of hydrogen-bond acceptors (Lipinski definition) is 4. The summed E-state index contributed by atoms with van der Waals surface area (Å²) in [6.07, 6.45) is 1.68. The molecule has 5 nitrogen and oxygen atoms in total. The Morgan fingerprint density at radius 3 is 2.81 bits per heavy atom. The van der Waals surface area contributed by atoms with Crippen LogP contribution in [0.1, 0.15) is 24.2 Å². The predicted octanol–water partition coefficient (Wildman–Crippen LogP) is 1.02. The lowest BCUT2D eigenvalue weighted by atomic mass is 10.3. The Morgan fingerprint density at radius 1 is 1.56 bits per heavy atom. The first kappa shape index (κ1) is 12.4. The largest absolute Gasteiger partial charge is 0.377 e. The van der Waals surface area contributed by atoms with Crippen molar-refractivity contribution in [1.82, 2.24) is 4.98 Å². The molecule has 0 fully saturated rings. The molecule has 88 valence electrons. The molecule has 1 heterocycles. The number of pyridine rings is 1. The first-order valence-corrected chi connectivity index (χ1v) is 5.21. The number of carbonyl (C=O) groups excluding carboxylic acids is 1. The van der Waals surface area contributed by atoms with Crippen molar-refractivity contribution < 1.29 is 9.53 Å². The van der Waals surface area contributed by atoms with Crippen molar-refractivity contribution in [1.29, 1.82) is 0 Å². The minimum atomic E-state index is -0.470. The molecule has 0 radical (unpaired) electrons. The second-order valence-corrected chi connectivity index (χ2v) is 3.64. The quantitative estimate of drug-likeness (QED) is 0.706. The Kier molecular flexibility index (Phi) is 4.72. The van der Waals surface area contributed by atoms with Gasteiger partial charge in [0, 0.05) is 12.7 Å². The monoisotopic (exact) mass is 223 g/mol. The number of hydrogen-bond donors (Lipinski definition) is 2. The standard InChI is InChI=1S/C11H17N3O2/c1-8(2)16-6-5-13-10-4-3-9(7-14-10)11(12)15/h3-4,7-8H,5-6H2,1-2H3,(H2,12,15)(H,13,14). The van der Waals surface area contributed by atoms with Crippen LogP contribution in [0.5, 0.6) is 0 Å². The Bertz CT molecular complexity index is 336. The van der Waals surface area contributed by atoms with E-state index < -0.39 is 5.91 Å². The third-order valence-electron chi connectivity index (χ3n) is 1.91. The number of rotatable bonds is 6. The number of primary amides is 1. The minimum absolute atomic E-state index is 0.229. The number of nitrogens with two attached hydrogens (primary N) is 1. The van der Waals surface area contributed by atoms with Gasteiger partial charge in [0.1, 0.15) is 5.82 Å².